The number of phosphoric acid groups is 1. The molecule has 0 aliphatic carbocycles. The first-order chi connectivity index (χ1) is 26.8. The molecule has 4 atom stereocenters. The fourth-order valence-electron chi connectivity index (χ4n) is 5.72. The molecule has 0 amide bonds. The highest BCUT2D eigenvalue weighted by Crippen LogP contribution is 2.43. The fraction of sp³-hybridized carbons (Fsp3) is 0.818. The predicted molar refractivity (Wildman–Crippen MR) is 227 cm³/mol. The van der Waals surface area contributed by atoms with Gasteiger partial charge < -0.3 is 29.1 Å². The Balaban J connectivity index is 4.56. The molecular weight excluding hydrogens is 733 g/mol. The van der Waals surface area contributed by atoms with Gasteiger partial charge in [-0.25, -0.2) is 4.57 Å². The topological polar surface area (TPSA) is 149 Å². The van der Waals surface area contributed by atoms with Crippen LogP contribution in [0.4, 0.5) is 0 Å². The van der Waals surface area contributed by atoms with Gasteiger partial charge in [-0.15, -0.1) is 0 Å². The predicted octanol–water partition coefficient (Wildman–Crippen LogP) is 10.1. The lowest BCUT2D eigenvalue weighted by molar-refractivity contribution is -0.870. The molecule has 0 saturated heterocycles. The minimum absolute atomic E-state index is 0.00134. The van der Waals surface area contributed by atoms with E-state index in [4.69, 9.17) is 18.5 Å². The molecule has 0 heterocycles. The lowest BCUT2D eigenvalue weighted by Crippen LogP contribution is -2.37. The Hall–Kier alpha value is -1.85. The van der Waals surface area contributed by atoms with Crippen LogP contribution in [0.1, 0.15) is 168 Å². The largest absolute Gasteiger partial charge is 0.472 e. The zero-order chi connectivity index (χ0) is 41.8. The molecule has 0 aromatic carbocycles. The van der Waals surface area contributed by atoms with Crippen molar-refractivity contribution in [1.82, 2.24) is 0 Å². The van der Waals surface area contributed by atoms with E-state index in [1.54, 1.807) is 0 Å². The number of aliphatic hydroxyl groups excluding tert-OH is 2. The number of likely N-dealkylation sites (N-methyl/N-ethyl adjacent to an activating group) is 1. The Bertz CT molecular complexity index is 1090. The SMILES string of the molecule is CCCCC/C=C/CC(O)C(O)C/C=C\C/C=C\CCCC(=O)OC(COC(=O)CCCCCCCCCCCCCCC)COP(=O)(O)OCC[N+](C)(C)C. The highest BCUT2D eigenvalue weighted by Gasteiger charge is 2.27. The number of rotatable bonds is 39. The number of carbonyl (C=O) groups excluding carboxylic acids is 2. The van der Waals surface area contributed by atoms with Gasteiger partial charge in [-0.2, -0.15) is 0 Å². The van der Waals surface area contributed by atoms with E-state index in [0.717, 1.165) is 25.7 Å². The third-order valence-corrected chi connectivity index (χ3v) is 10.3. The van der Waals surface area contributed by atoms with Gasteiger partial charge in [0.15, 0.2) is 6.10 Å². The van der Waals surface area contributed by atoms with Gasteiger partial charge in [-0.1, -0.05) is 140 Å². The van der Waals surface area contributed by atoms with Crippen molar-refractivity contribution in [3.8, 4) is 0 Å². The molecule has 11 nitrogen and oxygen atoms in total. The zero-order valence-corrected chi connectivity index (χ0v) is 37.0. The van der Waals surface area contributed by atoms with Gasteiger partial charge in [0.1, 0.15) is 19.8 Å². The first-order valence-electron chi connectivity index (χ1n) is 21.9. The average molecular weight is 817 g/mol. The number of hydrogen-bond donors (Lipinski definition) is 3. The van der Waals surface area contributed by atoms with Crippen LogP contribution < -0.4 is 0 Å². The molecule has 3 N–H and O–H groups in total. The van der Waals surface area contributed by atoms with Gasteiger partial charge in [0, 0.05) is 12.8 Å². The molecule has 0 bridgehead atoms. The summed E-state index contributed by atoms with van der Waals surface area (Å²) in [5.41, 5.74) is 0. The number of unbranched alkanes of at least 4 members (excludes halogenated alkanes) is 16. The molecule has 0 fully saturated rings. The third kappa shape index (κ3) is 37.7. The standard InChI is InChI=1S/C44H82NO10P/c1-6-8-10-12-14-15-16-17-18-19-22-26-30-34-43(48)52-38-40(39-54-56(50,51)53-37-36-45(3,4)5)55-44(49)35-31-27-23-20-21-25-29-33-42(47)41(46)32-28-24-13-11-9-7-2/h20,23-25,28-29,40-42,46-47H,6-19,21-22,26-27,30-39H2,1-5H3/p+1/b23-20-,28-24+,29-25-. The smallest absolute Gasteiger partial charge is 0.462 e. The number of ether oxygens (including phenoxy) is 2. The van der Waals surface area contributed by atoms with Crippen LogP contribution in [0.3, 0.4) is 0 Å². The maximum atomic E-state index is 12.7. The summed E-state index contributed by atoms with van der Waals surface area (Å²) < 4.78 is 34.1. The van der Waals surface area contributed by atoms with Crippen LogP contribution in [-0.4, -0.2) is 97.3 Å². The highest BCUT2D eigenvalue weighted by molar-refractivity contribution is 7.47. The van der Waals surface area contributed by atoms with E-state index in [1.165, 1.54) is 77.0 Å². The van der Waals surface area contributed by atoms with E-state index in [9.17, 15) is 29.3 Å². The molecule has 0 saturated carbocycles. The first-order valence-corrected chi connectivity index (χ1v) is 23.4. The Morgan fingerprint density at radius 1 is 0.607 bits per heavy atom. The Morgan fingerprint density at radius 3 is 1.68 bits per heavy atom. The number of hydrogen-bond acceptors (Lipinski definition) is 9. The van der Waals surface area contributed by atoms with Crippen LogP contribution in [0.5, 0.6) is 0 Å². The van der Waals surface area contributed by atoms with Crippen LogP contribution in [0.2, 0.25) is 0 Å². The Labute approximate surface area is 341 Å². The average Bonchev–Trinajstić information content (AvgIpc) is 3.14. The van der Waals surface area contributed by atoms with Crippen molar-refractivity contribution in [2.24, 2.45) is 0 Å². The molecule has 12 heteroatoms. The van der Waals surface area contributed by atoms with Gasteiger partial charge in [-0.3, -0.25) is 18.6 Å². The van der Waals surface area contributed by atoms with Gasteiger partial charge in [0.25, 0.3) is 0 Å². The summed E-state index contributed by atoms with van der Waals surface area (Å²) in [6.07, 6.45) is 32.3. The fourth-order valence-corrected chi connectivity index (χ4v) is 6.46. The number of quaternary nitrogens is 1. The molecule has 0 rings (SSSR count). The van der Waals surface area contributed by atoms with E-state index in [2.05, 4.69) is 19.9 Å². The first kappa shape index (κ1) is 54.2. The molecule has 328 valence electrons. The minimum atomic E-state index is -4.41. The summed E-state index contributed by atoms with van der Waals surface area (Å²) in [5, 5.41) is 20.3. The van der Waals surface area contributed by atoms with Crippen LogP contribution >= 0.6 is 7.82 Å². The number of allylic oxidation sites excluding steroid dienone is 4. The quantitative estimate of drug-likeness (QED) is 0.0180. The van der Waals surface area contributed by atoms with E-state index in [0.29, 0.717) is 49.6 Å². The molecule has 56 heavy (non-hydrogen) atoms. The van der Waals surface area contributed by atoms with E-state index in [1.807, 2.05) is 51.5 Å². The Morgan fingerprint density at radius 2 is 1.09 bits per heavy atom. The highest BCUT2D eigenvalue weighted by atomic mass is 31.2. The van der Waals surface area contributed by atoms with Crippen LogP contribution in [0.15, 0.2) is 36.5 Å². The van der Waals surface area contributed by atoms with Gasteiger partial charge in [-0.05, 0) is 51.4 Å². The van der Waals surface area contributed by atoms with Gasteiger partial charge >= 0.3 is 19.8 Å². The molecule has 0 aliphatic rings. The molecule has 4 unspecified atom stereocenters. The van der Waals surface area contributed by atoms with Gasteiger partial charge in [0.2, 0.25) is 0 Å². The van der Waals surface area contributed by atoms with Crippen molar-refractivity contribution >= 4 is 19.8 Å². The zero-order valence-electron chi connectivity index (χ0n) is 36.1. The second-order valence-corrected chi connectivity index (χ2v) is 17.5. The molecule has 0 aliphatic heterocycles. The maximum absolute atomic E-state index is 12.7. The van der Waals surface area contributed by atoms with Crippen LogP contribution in [-0.2, 0) is 32.7 Å². The number of carbonyl (C=O) groups is 2. The summed E-state index contributed by atoms with van der Waals surface area (Å²) in [6.45, 7) is 4.16. The second-order valence-electron chi connectivity index (χ2n) is 16.0. The monoisotopic (exact) mass is 817 g/mol. The normalized spacial score (nSPS) is 15.1. The third-order valence-electron chi connectivity index (χ3n) is 9.35. The van der Waals surface area contributed by atoms with E-state index < -0.39 is 44.7 Å². The molecule has 0 aromatic heterocycles. The number of esters is 2. The second kappa shape index (κ2) is 36.2. The van der Waals surface area contributed by atoms with Crippen molar-refractivity contribution < 1.29 is 52.3 Å². The van der Waals surface area contributed by atoms with Crippen LogP contribution in [0.25, 0.3) is 0 Å². The number of phosphoric ester groups is 1. The van der Waals surface area contributed by atoms with Crippen molar-refractivity contribution in [1.29, 1.82) is 0 Å². The lowest BCUT2D eigenvalue weighted by atomic mass is 10.0. The van der Waals surface area contributed by atoms with Crippen molar-refractivity contribution in [3.63, 3.8) is 0 Å². The van der Waals surface area contributed by atoms with Gasteiger partial charge in [0.05, 0.1) is 40.0 Å². The summed E-state index contributed by atoms with van der Waals surface area (Å²) in [6, 6.07) is 0. The van der Waals surface area contributed by atoms with Crippen molar-refractivity contribution in [2.45, 2.75) is 186 Å². The minimum Gasteiger partial charge on any atom is -0.462 e. The molecular formula is C44H83NO10P+. The van der Waals surface area contributed by atoms with Crippen molar-refractivity contribution in [2.75, 3.05) is 47.5 Å². The summed E-state index contributed by atoms with van der Waals surface area (Å²) in [4.78, 5) is 35.3. The van der Waals surface area contributed by atoms with Crippen LogP contribution in [0, 0.1) is 0 Å². The Kier molecular flexibility index (Phi) is 35.0. The molecule has 0 radical (unpaired) electrons. The van der Waals surface area contributed by atoms with Crippen molar-refractivity contribution in [3.05, 3.63) is 36.5 Å². The van der Waals surface area contributed by atoms with E-state index >= 15 is 0 Å². The van der Waals surface area contributed by atoms with E-state index in [-0.39, 0.29) is 26.1 Å². The summed E-state index contributed by atoms with van der Waals surface area (Å²) in [7, 11) is 1.37. The molecule has 0 spiro atoms. The molecule has 0 aromatic rings. The number of aliphatic hydroxyl groups is 2. The number of nitrogens with zero attached hydrogens (tertiary/aromatic N) is 1. The summed E-state index contributed by atoms with van der Waals surface area (Å²) >= 11 is 0. The lowest BCUT2D eigenvalue weighted by Gasteiger charge is -2.24. The summed E-state index contributed by atoms with van der Waals surface area (Å²) in [5.74, 6) is -0.933. The maximum Gasteiger partial charge on any atom is 0.472 e.